The van der Waals surface area contributed by atoms with Crippen LogP contribution in [-0.2, 0) is 4.79 Å². The van der Waals surface area contributed by atoms with E-state index in [1.165, 1.54) is 40.3 Å². The Morgan fingerprint density at radius 1 is 1.29 bits per heavy atom. The summed E-state index contributed by atoms with van der Waals surface area (Å²) in [4.78, 5) is 23.3. The molecule has 1 aromatic heterocycles. The maximum absolute atomic E-state index is 15.4. The van der Waals surface area contributed by atoms with Crippen molar-refractivity contribution in [1.29, 1.82) is 0 Å². The number of halogens is 3. The molecule has 0 saturated carbocycles. The van der Waals surface area contributed by atoms with E-state index in [1.54, 1.807) is 0 Å². The van der Waals surface area contributed by atoms with E-state index in [2.05, 4.69) is 25.5 Å². The van der Waals surface area contributed by atoms with Gasteiger partial charge in [0.2, 0.25) is 5.91 Å². The highest BCUT2D eigenvalue weighted by molar-refractivity contribution is 6.31. The molecule has 2 aromatic rings. The average Bonchev–Trinajstić information content (AvgIpc) is 3.65. The monoisotopic (exact) mass is 543 g/mol. The van der Waals surface area contributed by atoms with Crippen LogP contribution in [0, 0.1) is 5.82 Å². The molecule has 1 fully saturated rings. The van der Waals surface area contributed by atoms with Gasteiger partial charge in [0.25, 0.3) is 0 Å². The van der Waals surface area contributed by atoms with E-state index in [0.717, 1.165) is 12.3 Å². The van der Waals surface area contributed by atoms with Gasteiger partial charge < -0.3 is 10.0 Å². The molecule has 1 amide bonds. The van der Waals surface area contributed by atoms with Crippen LogP contribution in [0.1, 0.15) is 28.9 Å². The summed E-state index contributed by atoms with van der Waals surface area (Å²) >= 11 is 6.06. The summed E-state index contributed by atoms with van der Waals surface area (Å²) in [6.07, 6.45) is 6.22. The number of amides is 1. The van der Waals surface area contributed by atoms with Gasteiger partial charge in [-0.15, -0.1) is 5.10 Å². The van der Waals surface area contributed by atoms with E-state index in [9.17, 15) is 15.1 Å². The van der Waals surface area contributed by atoms with Gasteiger partial charge >= 0.3 is 0 Å². The number of aliphatic imine (C=N–C) groups is 2. The lowest BCUT2D eigenvalue weighted by molar-refractivity contribution is -0.128. The Bertz CT molecular complexity index is 1670. The Labute approximate surface area is 223 Å². The highest BCUT2D eigenvalue weighted by atomic mass is 35.5. The van der Waals surface area contributed by atoms with Gasteiger partial charge in [-0.25, -0.2) is 23.8 Å². The molecule has 14 heteroatoms. The van der Waals surface area contributed by atoms with Crippen LogP contribution in [-0.4, -0.2) is 77.1 Å². The number of amidine groups is 1. The van der Waals surface area contributed by atoms with Crippen molar-refractivity contribution in [1.82, 2.24) is 30.2 Å². The SMILES string of the molecule is [2H]C([2H])(O)C1=C(F)C(=C2C=NC([C@@H]3CC[C@]4([2H])CC(c5c(-n6cnnn6)ccc(Cl)c5F)=CC(=O)N34)=N2)C=CN1O. The fourth-order valence-corrected chi connectivity index (χ4v) is 5.03. The first kappa shape index (κ1) is 20.9. The van der Waals surface area contributed by atoms with E-state index in [4.69, 9.17) is 15.7 Å². The number of fused-ring (bicyclic) bond motifs is 1. The normalized spacial score (nSPS) is 28.4. The van der Waals surface area contributed by atoms with Crippen molar-refractivity contribution in [3.63, 3.8) is 0 Å². The van der Waals surface area contributed by atoms with Gasteiger partial charge in [-0.3, -0.25) is 10.0 Å². The molecule has 0 radical (unpaired) electrons. The second kappa shape index (κ2) is 9.35. The van der Waals surface area contributed by atoms with Crippen molar-refractivity contribution in [2.24, 2.45) is 9.98 Å². The molecule has 2 N–H and O–H groups in total. The quantitative estimate of drug-likeness (QED) is 0.606. The summed E-state index contributed by atoms with van der Waals surface area (Å²) < 4.78 is 55.7. The second-order valence-electron chi connectivity index (χ2n) is 8.65. The average molecular weight is 544 g/mol. The lowest BCUT2D eigenvalue weighted by Gasteiger charge is -2.33. The number of tetrazole rings is 1. The van der Waals surface area contributed by atoms with E-state index < -0.39 is 41.9 Å². The van der Waals surface area contributed by atoms with Crippen LogP contribution < -0.4 is 0 Å². The third-order valence-electron chi connectivity index (χ3n) is 6.57. The number of hydrogen-bond donors (Lipinski definition) is 2. The molecule has 0 spiro atoms. The Kier molecular flexibility index (Phi) is 5.15. The van der Waals surface area contributed by atoms with Gasteiger partial charge in [0.05, 0.1) is 39.3 Å². The fraction of sp³-hybridized carbons (Fsp3) is 0.250. The maximum atomic E-state index is 15.4. The number of aliphatic hydroxyl groups is 1. The van der Waals surface area contributed by atoms with Crippen molar-refractivity contribution < 1.29 is 28.0 Å². The van der Waals surface area contributed by atoms with Gasteiger partial charge in [-0.05, 0) is 53.5 Å². The van der Waals surface area contributed by atoms with Gasteiger partial charge in [0, 0.05) is 29.4 Å². The first-order chi connectivity index (χ1) is 19.4. The Hall–Kier alpha value is -4.07. The lowest BCUT2D eigenvalue weighted by atomic mass is 9.92. The first-order valence-electron chi connectivity index (χ1n) is 12.8. The minimum absolute atomic E-state index is 0.0000481. The third-order valence-corrected chi connectivity index (χ3v) is 6.86. The standard InChI is InChI=1S/C24H19ClF2N8O3/c25-15-2-4-17(33-11-29-31-32-33)21(23(15)27)12-7-13-1-3-18(35(13)20(37)8-12)24-28-9-16(30-24)14-5-6-34(38)19(10-36)22(14)26/h2,4-6,8-9,11,13,18,36,38H,1,3,7,10H2/t13-,18+/m1/s1/i10D2,13D. The number of benzene rings is 1. The number of rotatable bonds is 4. The molecule has 38 heavy (non-hydrogen) atoms. The number of allylic oxidation sites excluding steroid dienone is 4. The van der Waals surface area contributed by atoms with Crippen LogP contribution in [0.4, 0.5) is 8.78 Å². The molecule has 0 unspecified atom stereocenters. The first-order valence-corrected chi connectivity index (χ1v) is 11.7. The predicted octanol–water partition coefficient (Wildman–Crippen LogP) is 2.73. The number of nitrogens with zero attached hydrogens (tertiary/aromatic N) is 8. The van der Waals surface area contributed by atoms with Crippen molar-refractivity contribution in [3.05, 3.63) is 76.0 Å². The van der Waals surface area contributed by atoms with E-state index in [0.29, 0.717) is 0 Å². The molecule has 6 rings (SSSR count). The summed E-state index contributed by atoms with van der Waals surface area (Å²) in [7, 11) is 0. The zero-order valence-electron chi connectivity index (χ0n) is 22.3. The van der Waals surface area contributed by atoms with Crippen molar-refractivity contribution in [2.45, 2.75) is 31.3 Å². The lowest BCUT2D eigenvalue weighted by Crippen LogP contribution is -2.45. The smallest absolute Gasteiger partial charge is 0.247 e. The van der Waals surface area contributed by atoms with Crippen molar-refractivity contribution in [2.75, 3.05) is 6.56 Å². The number of hydrogen-bond acceptors (Lipinski definition) is 9. The zero-order valence-corrected chi connectivity index (χ0v) is 20.0. The van der Waals surface area contributed by atoms with Crippen molar-refractivity contribution in [3.8, 4) is 5.69 Å². The van der Waals surface area contributed by atoms with Crippen LogP contribution in [0.2, 0.25) is 5.02 Å². The zero-order chi connectivity index (χ0) is 29.3. The van der Waals surface area contributed by atoms with E-state index in [-0.39, 0.29) is 63.3 Å². The Balaban J connectivity index is 1.36. The second-order valence-corrected chi connectivity index (χ2v) is 9.05. The van der Waals surface area contributed by atoms with Gasteiger partial charge in [-0.2, -0.15) is 4.68 Å². The molecule has 4 aliphatic rings. The molecule has 1 saturated heterocycles. The number of aromatic nitrogens is 4. The fourth-order valence-electron chi connectivity index (χ4n) is 4.88. The largest absolute Gasteiger partial charge is 0.390 e. The van der Waals surface area contributed by atoms with Crippen LogP contribution in [0.15, 0.2) is 69.6 Å². The molecule has 4 aliphatic heterocycles. The molecule has 2 atom stereocenters. The number of carbonyl (C=O) groups excluding carboxylic acids is 1. The molecule has 0 aliphatic carbocycles. The maximum Gasteiger partial charge on any atom is 0.247 e. The summed E-state index contributed by atoms with van der Waals surface area (Å²) in [5.41, 5.74) is -0.809. The van der Waals surface area contributed by atoms with Crippen LogP contribution in [0.3, 0.4) is 0 Å². The minimum Gasteiger partial charge on any atom is -0.390 e. The van der Waals surface area contributed by atoms with Crippen molar-refractivity contribution >= 4 is 35.1 Å². The van der Waals surface area contributed by atoms with E-state index in [1.807, 2.05) is 0 Å². The molecular formula is C24H19ClF2N8O3. The number of hydroxylamine groups is 2. The highest BCUT2D eigenvalue weighted by Gasteiger charge is 2.43. The van der Waals surface area contributed by atoms with Crippen LogP contribution >= 0.6 is 11.6 Å². The highest BCUT2D eigenvalue weighted by Crippen LogP contribution is 2.41. The van der Waals surface area contributed by atoms with Crippen LogP contribution in [0.25, 0.3) is 11.3 Å². The Morgan fingerprint density at radius 3 is 2.89 bits per heavy atom. The Morgan fingerprint density at radius 2 is 2.13 bits per heavy atom. The molecular weight excluding hydrogens is 522 g/mol. The molecule has 11 nitrogen and oxygen atoms in total. The van der Waals surface area contributed by atoms with E-state index >= 15 is 8.78 Å². The molecule has 0 bridgehead atoms. The third kappa shape index (κ3) is 3.86. The van der Waals surface area contributed by atoms with Gasteiger partial charge in [-0.1, -0.05) is 11.6 Å². The topological polar surface area (TPSA) is 132 Å². The molecule has 194 valence electrons. The minimum atomic E-state index is -3.19. The number of carbonyl (C=O) groups is 1. The summed E-state index contributed by atoms with van der Waals surface area (Å²) in [5.74, 6) is -2.50. The summed E-state index contributed by atoms with van der Waals surface area (Å²) in [6, 6.07) is 0.610. The summed E-state index contributed by atoms with van der Waals surface area (Å²) in [6.45, 7) is -3.19. The molecule has 5 heterocycles. The van der Waals surface area contributed by atoms with Gasteiger partial charge in [0.15, 0.2) is 17.5 Å². The summed E-state index contributed by atoms with van der Waals surface area (Å²) in [5, 5.41) is 30.4. The van der Waals surface area contributed by atoms with Gasteiger partial charge in [0.1, 0.15) is 12.0 Å². The van der Waals surface area contributed by atoms with Crippen LogP contribution in [0.5, 0.6) is 0 Å². The molecule has 1 aromatic carbocycles. The predicted molar refractivity (Wildman–Crippen MR) is 131 cm³/mol.